The van der Waals surface area contributed by atoms with Gasteiger partial charge in [-0.2, -0.15) is 0 Å². The molecule has 134 valence electrons. The van der Waals surface area contributed by atoms with Gasteiger partial charge in [-0.1, -0.05) is 66.7 Å². The van der Waals surface area contributed by atoms with Crippen LogP contribution >= 0.6 is 0 Å². The first kappa shape index (κ1) is 22.0. The molecular weight excluding hydrogens is 266 g/mol. The fourth-order valence-corrected chi connectivity index (χ4v) is 4.26. The lowest BCUT2D eigenvalue weighted by Crippen LogP contribution is -2.63. The summed E-state index contributed by atoms with van der Waals surface area (Å²) in [4.78, 5) is 0. The molecule has 0 aromatic carbocycles. The first-order valence-corrected chi connectivity index (χ1v) is 10.4. The van der Waals surface area contributed by atoms with Crippen LogP contribution in [0.15, 0.2) is 0 Å². The summed E-state index contributed by atoms with van der Waals surface area (Å²) in [5, 5.41) is 0. The maximum absolute atomic E-state index is 2.60. The number of rotatable bonds is 15. The Bertz CT molecular complexity index is 230. The molecule has 0 aromatic rings. The van der Waals surface area contributed by atoms with Gasteiger partial charge in [-0.25, -0.2) is 0 Å². The van der Waals surface area contributed by atoms with Crippen LogP contribution in [0.2, 0.25) is 0 Å². The third-order valence-corrected chi connectivity index (χ3v) is 5.86. The molecule has 0 spiro atoms. The number of unbranched alkanes of at least 4 members (excludes halogenated alkanes) is 4. The normalized spacial score (nSPS) is 12.8. The molecule has 0 fully saturated rings. The Morgan fingerprint density at radius 3 is 1.27 bits per heavy atom. The van der Waals surface area contributed by atoms with E-state index in [1.54, 1.807) is 0 Å². The molecule has 0 N–H and O–H groups in total. The summed E-state index contributed by atoms with van der Waals surface area (Å²) in [6.45, 7) is 14.6. The van der Waals surface area contributed by atoms with E-state index in [1.807, 2.05) is 0 Å². The summed E-state index contributed by atoms with van der Waals surface area (Å²) in [6.07, 6.45) is 16.6. The van der Waals surface area contributed by atoms with Crippen molar-refractivity contribution in [2.24, 2.45) is 0 Å². The van der Waals surface area contributed by atoms with Crippen LogP contribution in [-0.4, -0.2) is 30.2 Å². The maximum Gasteiger partial charge on any atom is 0.0990 e. The van der Waals surface area contributed by atoms with Gasteiger partial charge in [0, 0.05) is 19.3 Å². The summed E-state index contributed by atoms with van der Waals surface area (Å²) < 4.78 is 1.35. The largest absolute Gasteiger partial charge is 0.321 e. The van der Waals surface area contributed by atoms with E-state index < -0.39 is 0 Å². The Balaban J connectivity index is 5.41. The molecule has 0 rings (SSSR count). The molecule has 0 unspecified atom stereocenters. The minimum atomic E-state index is 0.547. The SMILES string of the molecule is CCCCC(CCC)(CCCC)[N+](C)(CCCC)CCCC. The van der Waals surface area contributed by atoms with E-state index in [-0.39, 0.29) is 0 Å². The highest BCUT2D eigenvalue weighted by molar-refractivity contribution is 4.82. The highest BCUT2D eigenvalue weighted by atomic mass is 15.4. The first-order valence-electron chi connectivity index (χ1n) is 10.4. The molecule has 0 aliphatic heterocycles. The molecule has 0 heterocycles. The number of quaternary nitrogens is 1. The molecule has 0 saturated carbocycles. The fraction of sp³-hybridized carbons (Fsp3) is 1.00. The lowest BCUT2D eigenvalue weighted by molar-refractivity contribution is -0.961. The van der Waals surface area contributed by atoms with Gasteiger partial charge in [0.1, 0.15) is 0 Å². The van der Waals surface area contributed by atoms with E-state index in [4.69, 9.17) is 0 Å². The number of nitrogens with zero attached hydrogens (tertiary/aromatic N) is 1. The zero-order valence-electron chi connectivity index (χ0n) is 16.8. The average molecular weight is 313 g/mol. The summed E-state index contributed by atoms with van der Waals surface area (Å²) in [7, 11) is 2.60. The second-order valence-corrected chi connectivity index (χ2v) is 7.73. The predicted octanol–water partition coefficient (Wildman–Crippen LogP) is 6.95. The zero-order valence-corrected chi connectivity index (χ0v) is 16.8. The van der Waals surface area contributed by atoms with Crippen molar-refractivity contribution >= 4 is 0 Å². The molecule has 0 aromatic heterocycles. The van der Waals surface area contributed by atoms with Gasteiger partial charge in [0.05, 0.1) is 25.7 Å². The molecule has 0 bridgehead atoms. The van der Waals surface area contributed by atoms with Crippen LogP contribution in [0, 0.1) is 0 Å². The Morgan fingerprint density at radius 2 is 0.955 bits per heavy atom. The monoisotopic (exact) mass is 312 g/mol. The van der Waals surface area contributed by atoms with Crippen LogP contribution in [0.3, 0.4) is 0 Å². The Labute approximate surface area is 142 Å². The summed E-state index contributed by atoms with van der Waals surface area (Å²) >= 11 is 0. The zero-order chi connectivity index (χ0) is 16.9. The van der Waals surface area contributed by atoms with E-state index in [0.29, 0.717) is 5.54 Å². The van der Waals surface area contributed by atoms with E-state index in [2.05, 4.69) is 41.7 Å². The minimum absolute atomic E-state index is 0.547. The van der Waals surface area contributed by atoms with Gasteiger partial charge in [0.15, 0.2) is 0 Å². The summed E-state index contributed by atoms with van der Waals surface area (Å²) in [5.41, 5.74) is 0.547. The van der Waals surface area contributed by atoms with E-state index in [9.17, 15) is 0 Å². The molecule has 22 heavy (non-hydrogen) atoms. The Morgan fingerprint density at radius 1 is 0.545 bits per heavy atom. The second kappa shape index (κ2) is 12.4. The van der Waals surface area contributed by atoms with Crippen molar-refractivity contribution in [3.63, 3.8) is 0 Å². The van der Waals surface area contributed by atoms with Crippen molar-refractivity contribution in [3.8, 4) is 0 Å². The number of hydrogen-bond acceptors (Lipinski definition) is 0. The van der Waals surface area contributed by atoms with Gasteiger partial charge < -0.3 is 4.48 Å². The van der Waals surface area contributed by atoms with Gasteiger partial charge in [0.25, 0.3) is 0 Å². The average Bonchev–Trinajstić information content (AvgIpc) is 2.53. The van der Waals surface area contributed by atoms with Crippen LogP contribution in [-0.2, 0) is 0 Å². The van der Waals surface area contributed by atoms with E-state index in [1.165, 1.54) is 94.6 Å². The second-order valence-electron chi connectivity index (χ2n) is 7.73. The molecule has 1 heteroatoms. The van der Waals surface area contributed by atoms with Crippen molar-refractivity contribution in [2.45, 2.75) is 117 Å². The summed E-state index contributed by atoms with van der Waals surface area (Å²) in [6, 6.07) is 0. The van der Waals surface area contributed by atoms with Crippen molar-refractivity contribution in [1.82, 2.24) is 0 Å². The maximum atomic E-state index is 2.60. The van der Waals surface area contributed by atoms with Crippen molar-refractivity contribution < 1.29 is 4.48 Å². The fourth-order valence-electron chi connectivity index (χ4n) is 4.26. The van der Waals surface area contributed by atoms with E-state index in [0.717, 1.165) is 0 Å². The quantitative estimate of drug-likeness (QED) is 0.287. The van der Waals surface area contributed by atoms with Gasteiger partial charge in [0.2, 0.25) is 0 Å². The first-order chi connectivity index (χ1) is 10.6. The van der Waals surface area contributed by atoms with E-state index >= 15 is 0 Å². The third kappa shape index (κ3) is 6.60. The smallest absolute Gasteiger partial charge is 0.0990 e. The van der Waals surface area contributed by atoms with Gasteiger partial charge in [-0.3, -0.25) is 0 Å². The lowest BCUT2D eigenvalue weighted by Gasteiger charge is -2.52. The van der Waals surface area contributed by atoms with Crippen molar-refractivity contribution in [2.75, 3.05) is 20.1 Å². The highest BCUT2D eigenvalue weighted by Gasteiger charge is 2.45. The molecule has 0 atom stereocenters. The standard InChI is InChI=1S/C21H46N/c1-7-12-17-21(16-11-5,18-13-8-2)22(6,19-14-9-3)20-15-10-4/h7-20H2,1-6H3/q+1. The van der Waals surface area contributed by atoms with Crippen LogP contribution in [0.1, 0.15) is 112 Å². The molecule has 0 aliphatic carbocycles. The Kier molecular flexibility index (Phi) is 12.4. The number of hydrogen-bond donors (Lipinski definition) is 0. The molecule has 0 saturated heterocycles. The molecule has 0 radical (unpaired) electrons. The van der Waals surface area contributed by atoms with Crippen LogP contribution in [0.5, 0.6) is 0 Å². The van der Waals surface area contributed by atoms with Crippen LogP contribution in [0.4, 0.5) is 0 Å². The highest BCUT2D eigenvalue weighted by Crippen LogP contribution is 2.39. The van der Waals surface area contributed by atoms with Gasteiger partial charge in [-0.15, -0.1) is 0 Å². The molecule has 0 amide bonds. The summed E-state index contributed by atoms with van der Waals surface area (Å²) in [5.74, 6) is 0. The Hall–Kier alpha value is -0.0400. The molecule has 1 nitrogen and oxygen atoms in total. The molecular formula is C21H46N+. The lowest BCUT2D eigenvalue weighted by atomic mass is 9.79. The van der Waals surface area contributed by atoms with Gasteiger partial charge in [-0.05, 0) is 25.7 Å². The predicted molar refractivity (Wildman–Crippen MR) is 102 cm³/mol. The minimum Gasteiger partial charge on any atom is -0.321 e. The topological polar surface area (TPSA) is 0 Å². The third-order valence-electron chi connectivity index (χ3n) is 5.86. The van der Waals surface area contributed by atoms with Crippen LogP contribution < -0.4 is 0 Å². The van der Waals surface area contributed by atoms with Crippen molar-refractivity contribution in [1.29, 1.82) is 0 Å². The van der Waals surface area contributed by atoms with Gasteiger partial charge >= 0.3 is 0 Å². The van der Waals surface area contributed by atoms with Crippen molar-refractivity contribution in [3.05, 3.63) is 0 Å². The van der Waals surface area contributed by atoms with Crippen LogP contribution in [0.25, 0.3) is 0 Å². The molecule has 0 aliphatic rings.